The fourth-order valence-corrected chi connectivity index (χ4v) is 2.50. The first kappa shape index (κ1) is 14.9. The first-order chi connectivity index (χ1) is 9.31. The number of carboxylic acids is 1. The second kappa shape index (κ2) is 5.47. The van der Waals surface area contributed by atoms with Gasteiger partial charge in [-0.3, -0.25) is 9.59 Å². The average Bonchev–Trinajstić information content (AvgIpc) is 2.24. The number of amides is 1. The molecule has 1 aromatic carbocycles. The van der Waals surface area contributed by atoms with E-state index < -0.39 is 35.0 Å². The zero-order valence-electron chi connectivity index (χ0n) is 10.6. The number of rotatable bonds is 3. The standard InChI is InChI=1S/C13H12BrF2NO3/c1-6(13(19)20)7-4-17(5-7)12(18)11-9(15)2-8(14)3-10(11)16/h2-3,6-7H,4-5H2,1H3,(H,19,20). The summed E-state index contributed by atoms with van der Waals surface area (Å²) in [5, 5.41) is 8.85. The predicted octanol–water partition coefficient (Wildman–Crippen LogP) is 2.52. The zero-order valence-corrected chi connectivity index (χ0v) is 12.2. The Labute approximate surface area is 122 Å². The topological polar surface area (TPSA) is 57.6 Å². The second-order valence-electron chi connectivity index (χ2n) is 4.84. The number of carboxylic acid groups (broad SMARTS) is 1. The summed E-state index contributed by atoms with van der Waals surface area (Å²) in [6.07, 6.45) is 0. The van der Waals surface area contributed by atoms with Crippen molar-refractivity contribution < 1.29 is 23.5 Å². The van der Waals surface area contributed by atoms with Crippen molar-refractivity contribution in [3.05, 3.63) is 33.8 Å². The number of hydrogen-bond acceptors (Lipinski definition) is 2. The van der Waals surface area contributed by atoms with Crippen LogP contribution in [-0.4, -0.2) is 35.0 Å². The molecule has 1 amide bonds. The molecule has 0 radical (unpaired) electrons. The van der Waals surface area contributed by atoms with Gasteiger partial charge >= 0.3 is 5.97 Å². The highest BCUT2D eigenvalue weighted by Gasteiger charge is 2.38. The van der Waals surface area contributed by atoms with E-state index in [1.807, 2.05) is 0 Å². The predicted molar refractivity (Wildman–Crippen MR) is 70.3 cm³/mol. The SMILES string of the molecule is CC(C(=O)O)C1CN(C(=O)c2c(F)cc(Br)cc2F)C1. The molecule has 108 valence electrons. The number of nitrogens with zero attached hydrogens (tertiary/aromatic N) is 1. The summed E-state index contributed by atoms with van der Waals surface area (Å²) in [4.78, 5) is 24.0. The summed E-state index contributed by atoms with van der Waals surface area (Å²) in [5.74, 6) is -4.32. The van der Waals surface area contributed by atoms with Gasteiger partial charge in [-0.15, -0.1) is 0 Å². The number of likely N-dealkylation sites (tertiary alicyclic amines) is 1. The zero-order chi connectivity index (χ0) is 15.0. The normalized spacial score (nSPS) is 16.7. The lowest BCUT2D eigenvalue weighted by molar-refractivity contribution is -0.144. The first-order valence-corrected chi connectivity index (χ1v) is 6.77. The number of aliphatic carboxylic acids is 1. The molecule has 20 heavy (non-hydrogen) atoms. The molecule has 0 saturated carbocycles. The van der Waals surface area contributed by atoms with Gasteiger partial charge in [0.15, 0.2) is 0 Å². The van der Waals surface area contributed by atoms with Crippen LogP contribution in [0.15, 0.2) is 16.6 Å². The third-order valence-electron chi connectivity index (χ3n) is 3.51. The smallest absolute Gasteiger partial charge is 0.306 e. The summed E-state index contributed by atoms with van der Waals surface area (Å²) in [6.45, 7) is 1.94. The molecule has 0 aliphatic carbocycles. The molecule has 1 aliphatic heterocycles. The van der Waals surface area contributed by atoms with Crippen LogP contribution < -0.4 is 0 Å². The van der Waals surface area contributed by atoms with Gasteiger partial charge in [-0.2, -0.15) is 0 Å². The molecule has 7 heteroatoms. The van der Waals surface area contributed by atoms with Crippen LogP contribution in [0, 0.1) is 23.5 Å². The number of halogens is 3. The molecular formula is C13H12BrF2NO3. The van der Waals surface area contributed by atoms with Gasteiger partial charge in [-0.25, -0.2) is 8.78 Å². The van der Waals surface area contributed by atoms with Gasteiger partial charge in [-0.05, 0) is 12.1 Å². The Morgan fingerprint density at radius 1 is 1.35 bits per heavy atom. The maximum atomic E-state index is 13.7. The lowest BCUT2D eigenvalue weighted by Crippen LogP contribution is -2.53. The molecule has 1 unspecified atom stereocenters. The summed E-state index contributed by atoms with van der Waals surface area (Å²) >= 11 is 2.94. The monoisotopic (exact) mass is 347 g/mol. The first-order valence-electron chi connectivity index (χ1n) is 5.98. The molecule has 1 N–H and O–H groups in total. The van der Waals surface area contributed by atoms with E-state index >= 15 is 0 Å². The van der Waals surface area contributed by atoms with Crippen molar-refractivity contribution in [1.82, 2.24) is 4.90 Å². The van der Waals surface area contributed by atoms with Gasteiger partial charge in [0.05, 0.1) is 5.92 Å². The molecule has 1 aliphatic rings. The van der Waals surface area contributed by atoms with Crippen LogP contribution in [0.4, 0.5) is 8.78 Å². The molecular weight excluding hydrogens is 336 g/mol. The Hall–Kier alpha value is -1.50. The summed E-state index contributed by atoms with van der Waals surface area (Å²) in [5.41, 5.74) is -0.602. The van der Waals surface area contributed by atoms with E-state index in [1.54, 1.807) is 6.92 Å². The third-order valence-corrected chi connectivity index (χ3v) is 3.97. The minimum Gasteiger partial charge on any atom is -0.481 e. The van der Waals surface area contributed by atoms with Gasteiger partial charge in [0, 0.05) is 23.5 Å². The molecule has 0 spiro atoms. The van der Waals surface area contributed by atoms with Crippen LogP contribution in [0.3, 0.4) is 0 Å². The van der Waals surface area contributed by atoms with Crippen molar-refractivity contribution in [2.75, 3.05) is 13.1 Å². The lowest BCUT2D eigenvalue weighted by Gasteiger charge is -2.41. The van der Waals surface area contributed by atoms with Crippen LogP contribution in [-0.2, 0) is 4.79 Å². The minimum atomic E-state index is -0.942. The molecule has 2 rings (SSSR count). The van der Waals surface area contributed by atoms with E-state index in [2.05, 4.69) is 15.9 Å². The molecule has 1 aromatic rings. The Kier molecular flexibility index (Phi) is 4.08. The van der Waals surface area contributed by atoms with Crippen molar-refractivity contribution in [2.24, 2.45) is 11.8 Å². The number of carbonyl (C=O) groups is 2. The molecule has 1 saturated heterocycles. The summed E-state index contributed by atoms with van der Waals surface area (Å²) < 4.78 is 27.5. The van der Waals surface area contributed by atoms with Gasteiger partial charge < -0.3 is 10.0 Å². The van der Waals surface area contributed by atoms with E-state index in [0.717, 1.165) is 12.1 Å². The number of hydrogen-bond donors (Lipinski definition) is 1. The van der Waals surface area contributed by atoms with E-state index in [0.29, 0.717) is 0 Å². The van der Waals surface area contributed by atoms with E-state index in [1.165, 1.54) is 4.90 Å². The average molecular weight is 348 g/mol. The Morgan fingerprint density at radius 2 is 1.85 bits per heavy atom. The van der Waals surface area contributed by atoms with Crippen molar-refractivity contribution in [3.63, 3.8) is 0 Å². The van der Waals surface area contributed by atoms with Crippen molar-refractivity contribution >= 4 is 27.8 Å². The van der Waals surface area contributed by atoms with Crippen molar-refractivity contribution in [1.29, 1.82) is 0 Å². The van der Waals surface area contributed by atoms with Gasteiger partial charge in [-0.1, -0.05) is 22.9 Å². The Balaban J connectivity index is 2.10. The quantitative estimate of drug-likeness (QED) is 0.913. The molecule has 4 nitrogen and oxygen atoms in total. The summed E-state index contributed by atoms with van der Waals surface area (Å²) in [7, 11) is 0. The minimum absolute atomic E-state index is 0.182. The fraction of sp³-hybridized carbons (Fsp3) is 0.385. The van der Waals surface area contributed by atoms with Gasteiger partial charge in [0.1, 0.15) is 17.2 Å². The van der Waals surface area contributed by atoms with Crippen LogP contribution in [0.5, 0.6) is 0 Å². The molecule has 1 heterocycles. The Bertz CT molecular complexity index is 550. The molecule has 1 atom stereocenters. The van der Waals surface area contributed by atoms with Crippen LogP contribution in [0.1, 0.15) is 17.3 Å². The maximum absolute atomic E-state index is 13.7. The van der Waals surface area contributed by atoms with Gasteiger partial charge in [0.2, 0.25) is 0 Å². The fourth-order valence-electron chi connectivity index (χ4n) is 2.10. The molecule has 0 aromatic heterocycles. The number of carbonyl (C=O) groups excluding carboxylic acids is 1. The number of benzene rings is 1. The van der Waals surface area contributed by atoms with E-state index in [4.69, 9.17) is 5.11 Å². The summed E-state index contributed by atoms with van der Waals surface area (Å²) in [6, 6.07) is 2.04. The lowest BCUT2D eigenvalue weighted by atomic mass is 9.86. The van der Waals surface area contributed by atoms with Crippen LogP contribution in [0.25, 0.3) is 0 Å². The molecule has 0 bridgehead atoms. The van der Waals surface area contributed by atoms with Crippen molar-refractivity contribution in [2.45, 2.75) is 6.92 Å². The maximum Gasteiger partial charge on any atom is 0.306 e. The highest BCUT2D eigenvalue weighted by Crippen LogP contribution is 2.28. The van der Waals surface area contributed by atoms with E-state index in [9.17, 15) is 18.4 Å². The Morgan fingerprint density at radius 3 is 2.30 bits per heavy atom. The molecule has 1 fully saturated rings. The highest BCUT2D eigenvalue weighted by atomic mass is 79.9. The van der Waals surface area contributed by atoms with E-state index in [-0.39, 0.29) is 23.5 Å². The second-order valence-corrected chi connectivity index (χ2v) is 5.76. The largest absolute Gasteiger partial charge is 0.481 e. The van der Waals surface area contributed by atoms with Crippen LogP contribution >= 0.6 is 15.9 Å². The van der Waals surface area contributed by atoms with Crippen LogP contribution in [0.2, 0.25) is 0 Å². The highest BCUT2D eigenvalue weighted by molar-refractivity contribution is 9.10. The van der Waals surface area contributed by atoms with Gasteiger partial charge in [0.25, 0.3) is 5.91 Å². The third kappa shape index (κ3) is 2.67. The van der Waals surface area contributed by atoms with Crippen molar-refractivity contribution in [3.8, 4) is 0 Å².